The Kier molecular flexibility index (Phi) is 3.38. The number of hydrogen-bond donors (Lipinski definition) is 1. The van der Waals surface area contributed by atoms with Crippen molar-refractivity contribution in [3.8, 4) is 0 Å². The SMILES string of the molecule is CNC1CCN(c2cc(C)nc3ccccc23)CC1. The lowest BCUT2D eigenvalue weighted by Gasteiger charge is -2.34. The van der Waals surface area contributed by atoms with Crippen molar-refractivity contribution in [2.45, 2.75) is 25.8 Å². The summed E-state index contributed by atoms with van der Waals surface area (Å²) in [7, 11) is 2.06. The fourth-order valence-electron chi connectivity index (χ4n) is 2.96. The highest BCUT2D eigenvalue weighted by Crippen LogP contribution is 2.28. The zero-order valence-corrected chi connectivity index (χ0v) is 11.7. The van der Waals surface area contributed by atoms with Crippen molar-refractivity contribution < 1.29 is 0 Å². The molecule has 0 amide bonds. The molecule has 3 heteroatoms. The summed E-state index contributed by atoms with van der Waals surface area (Å²) in [6, 6.07) is 11.3. The lowest BCUT2D eigenvalue weighted by molar-refractivity contribution is 0.443. The average Bonchev–Trinajstić information content (AvgIpc) is 2.46. The Hall–Kier alpha value is -1.61. The topological polar surface area (TPSA) is 28.2 Å². The minimum atomic E-state index is 0.672. The van der Waals surface area contributed by atoms with Gasteiger partial charge >= 0.3 is 0 Å². The van der Waals surface area contributed by atoms with E-state index >= 15 is 0 Å². The molecule has 1 N–H and O–H groups in total. The van der Waals surface area contributed by atoms with Gasteiger partial charge in [0.05, 0.1) is 5.52 Å². The number of hydrogen-bond acceptors (Lipinski definition) is 3. The molecule has 0 atom stereocenters. The molecule has 0 bridgehead atoms. The summed E-state index contributed by atoms with van der Waals surface area (Å²) in [4.78, 5) is 7.13. The molecule has 2 heterocycles. The van der Waals surface area contributed by atoms with E-state index in [1.165, 1.54) is 23.9 Å². The Morgan fingerprint density at radius 2 is 1.95 bits per heavy atom. The van der Waals surface area contributed by atoms with Gasteiger partial charge in [-0.2, -0.15) is 0 Å². The molecule has 1 aliphatic rings. The van der Waals surface area contributed by atoms with Crippen molar-refractivity contribution in [3.05, 3.63) is 36.0 Å². The normalized spacial score (nSPS) is 17.1. The molecule has 0 unspecified atom stereocenters. The maximum atomic E-state index is 4.62. The van der Waals surface area contributed by atoms with Gasteiger partial charge in [0.1, 0.15) is 0 Å². The van der Waals surface area contributed by atoms with Gasteiger partial charge in [-0.25, -0.2) is 0 Å². The second-order valence-electron chi connectivity index (χ2n) is 5.35. The molecule has 3 nitrogen and oxygen atoms in total. The van der Waals surface area contributed by atoms with Gasteiger partial charge in [-0.05, 0) is 38.9 Å². The van der Waals surface area contributed by atoms with Crippen LogP contribution in [-0.2, 0) is 0 Å². The zero-order valence-electron chi connectivity index (χ0n) is 11.7. The molecule has 1 saturated heterocycles. The Balaban J connectivity index is 1.96. The number of nitrogens with one attached hydrogen (secondary N) is 1. The fourth-order valence-corrected chi connectivity index (χ4v) is 2.96. The minimum Gasteiger partial charge on any atom is -0.371 e. The van der Waals surface area contributed by atoms with Crippen LogP contribution in [0.3, 0.4) is 0 Å². The van der Waals surface area contributed by atoms with Gasteiger partial charge in [-0.3, -0.25) is 4.98 Å². The zero-order chi connectivity index (χ0) is 13.2. The lowest BCUT2D eigenvalue weighted by Crippen LogP contribution is -2.41. The average molecular weight is 255 g/mol. The number of fused-ring (bicyclic) bond motifs is 1. The Labute approximate surface area is 114 Å². The summed E-state index contributed by atoms with van der Waals surface area (Å²) in [5.41, 5.74) is 3.55. The Morgan fingerprint density at radius 3 is 2.68 bits per heavy atom. The van der Waals surface area contributed by atoms with Gasteiger partial charge < -0.3 is 10.2 Å². The van der Waals surface area contributed by atoms with Crippen molar-refractivity contribution in [1.82, 2.24) is 10.3 Å². The number of benzene rings is 1. The van der Waals surface area contributed by atoms with Crippen LogP contribution < -0.4 is 10.2 Å². The maximum absolute atomic E-state index is 4.62. The molecule has 0 radical (unpaired) electrons. The molecule has 19 heavy (non-hydrogen) atoms. The summed E-state index contributed by atoms with van der Waals surface area (Å²) in [6.07, 6.45) is 2.43. The van der Waals surface area contributed by atoms with Crippen LogP contribution in [0.1, 0.15) is 18.5 Å². The molecular formula is C16H21N3. The molecule has 1 aromatic heterocycles. The first-order valence-corrected chi connectivity index (χ1v) is 7.06. The third-order valence-corrected chi connectivity index (χ3v) is 4.07. The van der Waals surface area contributed by atoms with Gasteiger partial charge in [0.15, 0.2) is 0 Å². The summed E-state index contributed by atoms with van der Waals surface area (Å²) < 4.78 is 0. The summed E-state index contributed by atoms with van der Waals surface area (Å²) in [6.45, 7) is 4.33. The van der Waals surface area contributed by atoms with Crippen molar-refractivity contribution in [2.75, 3.05) is 25.0 Å². The van der Waals surface area contributed by atoms with Gasteiger partial charge in [0.25, 0.3) is 0 Å². The Bertz CT molecular complexity index is 571. The van der Waals surface area contributed by atoms with Gasteiger partial charge in [0.2, 0.25) is 0 Å². The first-order chi connectivity index (χ1) is 9.28. The van der Waals surface area contributed by atoms with E-state index in [2.05, 4.69) is 59.5 Å². The van der Waals surface area contributed by atoms with Crippen LogP contribution in [0.4, 0.5) is 5.69 Å². The van der Waals surface area contributed by atoms with Crippen LogP contribution in [0.2, 0.25) is 0 Å². The monoisotopic (exact) mass is 255 g/mol. The number of aromatic nitrogens is 1. The highest BCUT2D eigenvalue weighted by Gasteiger charge is 2.19. The highest BCUT2D eigenvalue weighted by molar-refractivity contribution is 5.92. The van der Waals surface area contributed by atoms with Crippen molar-refractivity contribution in [1.29, 1.82) is 0 Å². The van der Waals surface area contributed by atoms with Crippen LogP contribution in [0, 0.1) is 6.92 Å². The molecule has 3 rings (SSSR count). The molecule has 1 aromatic carbocycles. The van der Waals surface area contributed by atoms with Gasteiger partial charge in [-0.1, -0.05) is 18.2 Å². The number of piperidine rings is 1. The van der Waals surface area contributed by atoms with E-state index in [0.717, 1.165) is 24.3 Å². The molecular weight excluding hydrogens is 234 g/mol. The third-order valence-electron chi connectivity index (χ3n) is 4.07. The van der Waals surface area contributed by atoms with Crippen LogP contribution in [0.15, 0.2) is 30.3 Å². The lowest BCUT2D eigenvalue weighted by atomic mass is 10.0. The van der Waals surface area contributed by atoms with Crippen molar-refractivity contribution in [3.63, 3.8) is 0 Å². The number of nitrogens with zero attached hydrogens (tertiary/aromatic N) is 2. The summed E-state index contributed by atoms with van der Waals surface area (Å²) >= 11 is 0. The fraction of sp³-hybridized carbons (Fsp3) is 0.438. The molecule has 0 aliphatic carbocycles. The standard InChI is InChI=1S/C16H21N3/c1-12-11-16(14-5-3-4-6-15(14)18-12)19-9-7-13(17-2)8-10-19/h3-6,11,13,17H,7-10H2,1-2H3. The van der Waals surface area contributed by atoms with E-state index < -0.39 is 0 Å². The largest absolute Gasteiger partial charge is 0.371 e. The van der Waals surface area contributed by atoms with E-state index in [1.807, 2.05) is 0 Å². The van der Waals surface area contributed by atoms with Crippen molar-refractivity contribution >= 4 is 16.6 Å². The molecule has 1 aliphatic heterocycles. The second kappa shape index (κ2) is 5.17. The van der Waals surface area contributed by atoms with Gasteiger partial charge in [0, 0.05) is 35.9 Å². The van der Waals surface area contributed by atoms with E-state index in [-0.39, 0.29) is 0 Å². The number of pyridine rings is 1. The van der Waals surface area contributed by atoms with Crippen LogP contribution in [0.25, 0.3) is 10.9 Å². The van der Waals surface area contributed by atoms with Crippen LogP contribution in [0.5, 0.6) is 0 Å². The van der Waals surface area contributed by atoms with Crippen molar-refractivity contribution in [2.24, 2.45) is 0 Å². The summed E-state index contributed by atoms with van der Waals surface area (Å²) in [5.74, 6) is 0. The summed E-state index contributed by atoms with van der Waals surface area (Å²) in [5, 5.41) is 4.66. The molecule has 2 aromatic rings. The number of rotatable bonds is 2. The molecule has 100 valence electrons. The first kappa shape index (κ1) is 12.4. The number of aryl methyl sites for hydroxylation is 1. The van der Waals surface area contributed by atoms with E-state index in [0.29, 0.717) is 6.04 Å². The predicted octanol–water partition coefficient (Wildman–Crippen LogP) is 2.73. The molecule has 1 fully saturated rings. The quantitative estimate of drug-likeness (QED) is 0.894. The number of anilines is 1. The van der Waals surface area contributed by atoms with Crippen LogP contribution in [-0.4, -0.2) is 31.2 Å². The van der Waals surface area contributed by atoms with Crippen LogP contribution >= 0.6 is 0 Å². The minimum absolute atomic E-state index is 0.672. The molecule has 0 spiro atoms. The van der Waals surface area contributed by atoms with E-state index in [4.69, 9.17) is 0 Å². The molecule has 0 saturated carbocycles. The van der Waals surface area contributed by atoms with Gasteiger partial charge in [-0.15, -0.1) is 0 Å². The van der Waals surface area contributed by atoms with E-state index in [1.54, 1.807) is 0 Å². The maximum Gasteiger partial charge on any atom is 0.0726 e. The number of para-hydroxylation sites is 1. The highest BCUT2D eigenvalue weighted by atomic mass is 15.1. The second-order valence-corrected chi connectivity index (χ2v) is 5.35. The predicted molar refractivity (Wildman–Crippen MR) is 80.8 cm³/mol. The third kappa shape index (κ3) is 2.43. The smallest absolute Gasteiger partial charge is 0.0726 e. The van der Waals surface area contributed by atoms with E-state index in [9.17, 15) is 0 Å². The first-order valence-electron chi connectivity index (χ1n) is 7.06. The Morgan fingerprint density at radius 1 is 1.21 bits per heavy atom.